The lowest BCUT2D eigenvalue weighted by Crippen LogP contribution is -2.25. The maximum Gasteiger partial charge on any atom is 0.269 e. The van der Waals surface area contributed by atoms with Crippen molar-refractivity contribution in [2.45, 2.75) is 26.2 Å². The van der Waals surface area contributed by atoms with Crippen molar-refractivity contribution in [3.8, 4) is 0 Å². The smallest absolute Gasteiger partial charge is 0.269 e. The highest BCUT2D eigenvalue weighted by molar-refractivity contribution is 5.92. The number of aromatic nitrogens is 1. The highest BCUT2D eigenvalue weighted by atomic mass is 19.2. The second kappa shape index (κ2) is 8.22. The summed E-state index contributed by atoms with van der Waals surface area (Å²) in [5.41, 5.74) is 1.30. The molecule has 1 aromatic carbocycles. The lowest BCUT2D eigenvalue weighted by Gasteiger charge is -2.08. The molecular formula is C17H19F2N3O. The Morgan fingerprint density at radius 1 is 1.09 bits per heavy atom. The minimum absolute atomic E-state index is 0.222. The van der Waals surface area contributed by atoms with Crippen LogP contribution in [0.1, 0.15) is 36.7 Å². The summed E-state index contributed by atoms with van der Waals surface area (Å²) in [7, 11) is 0. The average molecular weight is 319 g/mol. The second-order valence-electron chi connectivity index (χ2n) is 5.15. The topological polar surface area (TPSA) is 54.0 Å². The minimum Gasteiger partial charge on any atom is -0.354 e. The summed E-state index contributed by atoms with van der Waals surface area (Å²) in [6.45, 7) is 2.73. The highest BCUT2D eigenvalue weighted by Crippen LogP contribution is 2.18. The third-order valence-electron chi connectivity index (χ3n) is 3.27. The molecule has 6 heteroatoms. The van der Waals surface area contributed by atoms with Gasteiger partial charge >= 0.3 is 0 Å². The van der Waals surface area contributed by atoms with Crippen LogP contribution in [-0.4, -0.2) is 17.4 Å². The minimum atomic E-state index is -0.925. The van der Waals surface area contributed by atoms with Crippen molar-refractivity contribution in [3.63, 3.8) is 0 Å². The molecule has 0 atom stereocenters. The van der Waals surface area contributed by atoms with E-state index in [-0.39, 0.29) is 5.91 Å². The zero-order chi connectivity index (χ0) is 16.7. The molecule has 0 aliphatic carbocycles. The van der Waals surface area contributed by atoms with Crippen LogP contribution in [0.5, 0.6) is 0 Å². The van der Waals surface area contributed by atoms with Gasteiger partial charge in [0.15, 0.2) is 11.6 Å². The van der Waals surface area contributed by atoms with E-state index in [0.717, 1.165) is 31.4 Å². The third-order valence-corrected chi connectivity index (χ3v) is 3.27. The lowest BCUT2D eigenvalue weighted by molar-refractivity contribution is 0.0948. The molecule has 0 saturated heterocycles. The number of pyridine rings is 1. The molecule has 1 amide bonds. The second-order valence-corrected chi connectivity index (χ2v) is 5.15. The Hall–Kier alpha value is -2.50. The fraction of sp³-hybridized carbons (Fsp3) is 0.294. The Balaban J connectivity index is 1.93. The number of nitrogens with one attached hydrogen (secondary N) is 2. The van der Waals surface area contributed by atoms with E-state index in [9.17, 15) is 13.6 Å². The molecule has 2 aromatic rings. The maximum absolute atomic E-state index is 13.1. The van der Waals surface area contributed by atoms with Gasteiger partial charge in [0.2, 0.25) is 0 Å². The van der Waals surface area contributed by atoms with Crippen LogP contribution in [0.4, 0.5) is 20.2 Å². The number of halogens is 2. The van der Waals surface area contributed by atoms with Crippen LogP contribution in [0.3, 0.4) is 0 Å². The van der Waals surface area contributed by atoms with Gasteiger partial charge in [-0.3, -0.25) is 4.79 Å². The summed E-state index contributed by atoms with van der Waals surface area (Å²) in [5.74, 6) is -2.05. The van der Waals surface area contributed by atoms with Crippen LogP contribution in [0.2, 0.25) is 0 Å². The number of unbranched alkanes of at least 4 members (excludes halogenated alkanes) is 2. The fourth-order valence-corrected chi connectivity index (χ4v) is 2.01. The standard InChI is InChI=1S/C17H19F2N3O/c1-2-3-4-9-20-17(23)16-8-6-13(11-21-16)22-12-5-7-14(18)15(19)10-12/h5-8,10-11,22H,2-4,9H2,1H3,(H,20,23). The van der Waals surface area contributed by atoms with E-state index in [1.807, 2.05) is 0 Å². The van der Waals surface area contributed by atoms with Crippen molar-refractivity contribution in [1.82, 2.24) is 10.3 Å². The van der Waals surface area contributed by atoms with E-state index in [4.69, 9.17) is 0 Å². The molecule has 2 N–H and O–H groups in total. The molecule has 0 spiro atoms. The summed E-state index contributed by atoms with van der Waals surface area (Å²) in [4.78, 5) is 15.9. The van der Waals surface area contributed by atoms with E-state index in [2.05, 4.69) is 22.5 Å². The monoisotopic (exact) mass is 319 g/mol. The SMILES string of the molecule is CCCCCNC(=O)c1ccc(Nc2ccc(F)c(F)c2)cn1. The third kappa shape index (κ3) is 5.02. The Morgan fingerprint density at radius 3 is 2.52 bits per heavy atom. The first-order chi connectivity index (χ1) is 11.1. The summed E-state index contributed by atoms with van der Waals surface area (Å²) < 4.78 is 26.0. The maximum atomic E-state index is 13.1. The van der Waals surface area contributed by atoms with Gasteiger partial charge in [-0.15, -0.1) is 0 Å². The van der Waals surface area contributed by atoms with Crippen LogP contribution in [0, 0.1) is 11.6 Å². The molecule has 0 bridgehead atoms. The van der Waals surface area contributed by atoms with Crippen molar-refractivity contribution in [1.29, 1.82) is 0 Å². The summed E-state index contributed by atoms with van der Waals surface area (Å²) in [6, 6.07) is 6.77. The van der Waals surface area contributed by atoms with Gasteiger partial charge in [-0.25, -0.2) is 13.8 Å². The largest absolute Gasteiger partial charge is 0.354 e. The first-order valence-corrected chi connectivity index (χ1v) is 7.56. The number of benzene rings is 1. The van der Waals surface area contributed by atoms with Gasteiger partial charge in [-0.2, -0.15) is 0 Å². The van der Waals surface area contributed by atoms with Gasteiger partial charge in [0.05, 0.1) is 11.9 Å². The number of hydrogen-bond donors (Lipinski definition) is 2. The van der Waals surface area contributed by atoms with Crippen molar-refractivity contribution >= 4 is 17.3 Å². The molecule has 0 aliphatic rings. The summed E-state index contributed by atoms with van der Waals surface area (Å²) >= 11 is 0. The zero-order valence-corrected chi connectivity index (χ0v) is 12.9. The summed E-state index contributed by atoms with van der Waals surface area (Å²) in [5, 5.41) is 5.70. The Morgan fingerprint density at radius 2 is 1.87 bits per heavy atom. The Bertz CT molecular complexity index is 659. The normalized spacial score (nSPS) is 10.4. The number of hydrogen-bond acceptors (Lipinski definition) is 3. The molecule has 4 nitrogen and oxygen atoms in total. The van der Waals surface area contributed by atoms with Crippen molar-refractivity contribution < 1.29 is 13.6 Å². The quantitative estimate of drug-likeness (QED) is 0.758. The van der Waals surface area contributed by atoms with Crippen LogP contribution in [0.15, 0.2) is 36.5 Å². The highest BCUT2D eigenvalue weighted by Gasteiger charge is 2.07. The lowest BCUT2D eigenvalue weighted by atomic mass is 10.2. The van der Waals surface area contributed by atoms with Crippen molar-refractivity contribution in [2.75, 3.05) is 11.9 Å². The first-order valence-electron chi connectivity index (χ1n) is 7.56. The van der Waals surface area contributed by atoms with E-state index in [1.165, 1.54) is 12.3 Å². The molecule has 0 aliphatic heterocycles. The van der Waals surface area contributed by atoms with Crippen LogP contribution in [0.25, 0.3) is 0 Å². The Labute approximate surface area is 133 Å². The van der Waals surface area contributed by atoms with Gasteiger partial charge in [-0.05, 0) is 30.7 Å². The molecule has 0 radical (unpaired) electrons. The van der Waals surface area contributed by atoms with Crippen molar-refractivity contribution in [2.24, 2.45) is 0 Å². The Kier molecular flexibility index (Phi) is 6.02. The van der Waals surface area contributed by atoms with Gasteiger partial charge in [0, 0.05) is 18.3 Å². The molecule has 1 aromatic heterocycles. The van der Waals surface area contributed by atoms with Crippen LogP contribution >= 0.6 is 0 Å². The average Bonchev–Trinajstić information content (AvgIpc) is 2.55. The van der Waals surface area contributed by atoms with Gasteiger partial charge in [0.25, 0.3) is 5.91 Å². The zero-order valence-electron chi connectivity index (χ0n) is 12.9. The van der Waals surface area contributed by atoms with Gasteiger partial charge in [-0.1, -0.05) is 19.8 Å². The van der Waals surface area contributed by atoms with Crippen molar-refractivity contribution in [3.05, 3.63) is 53.9 Å². The number of nitrogens with zero attached hydrogens (tertiary/aromatic N) is 1. The van der Waals surface area contributed by atoms with Gasteiger partial charge < -0.3 is 10.6 Å². The number of amides is 1. The van der Waals surface area contributed by atoms with Crippen LogP contribution < -0.4 is 10.6 Å². The number of carbonyl (C=O) groups excluding carboxylic acids is 1. The fourth-order valence-electron chi connectivity index (χ4n) is 2.01. The predicted octanol–water partition coefficient (Wildman–Crippen LogP) is 4.02. The van der Waals surface area contributed by atoms with E-state index < -0.39 is 11.6 Å². The molecule has 2 rings (SSSR count). The number of anilines is 2. The predicted molar refractivity (Wildman–Crippen MR) is 85.7 cm³/mol. The number of rotatable bonds is 7. The molecule has 122 valence electrons. The molecule has 23 heavy (non-hydrogen) atoms. The van der Waals surface area contributed by atoms with E-state index in [0.29, 0.717) is 23.6 Å². The molecular weight excluding hydrogens is 300 g/mol. The molecule has 0 saturated carbocycles. The van der Waals surface area contributed by atoms with E-state index in [1.54, 1.807) is 12.1 Å². The number of carbonyl (C=O) groups is 1. The molecule has 0 fully saturated rings. The summed E-state index contributed by atoms with van der Waals surface area (Å²) in [6.07, 6.45) is 4.59. The van der Waals surface area contributed by atoms with E-state index >= 15 is 0 Å². The first kappa shape index (κ1) is 16.9. The van der Waals surface area contributed by atoms with Gasteiger partial charge in [0.1, 0.15) is 5.69 Å². The molecule has 1 heterocycles. The molecule has 0 unspecified atom stereocenters. The van der Waals surface area contributed by atoms with Crippen LogP contribution in [-0.2, 0) is 0 Å².